The number of rotatable bonds is 6. The van der Waals surface area contributed by atoms with Gasteiger partial charge < -0.3 is 19.9 Å². The van der Waals surface area contributed by atoms with Gasteiger partial charge in [-0.25, -0.2) is 0 Å². The standard InChI is InChI=1S/C12H25NO3/c1-10(11(15-2)16-3)13-9-12(14)7-5-4-6-8-12/h10-11,13-14H,4-9H2,1-3H3. The van der Waals surface area contributed by atoms with E-state index in [9.17, 15) is 5.11 Å². The van der Waals surface area contributed by atoms with Crippen molar-refractivity contribution in [3.05, 3.63) is 0 Å². The zero-order chi connectivity index (χ0) is 12.0. The quantitative estimate of drug-likeness (QED) is 0.676. The fourth-order valence-corrected chi connectivity index (χ4v) is 2.34. The highest BCUT2D eigenvalue weighted by molar-refractivity contribution is 4.85. The van der Waals surface area contributed by atoms with Crippen molar-refractivity contribution in [2.75, 3.05) is 20.8 Å². The van der Waals surface area contributed by atoms with Gasteiger partial charge in [0, 0.05) is 20.8 Å². The van der Waals surface area contributed by atoms with Crippen LogP contribution in [0.15, 0.2) is 0 Å². The molecule has 0 radical (unpaired) electrons. The second-order valence-corrected chi connectivity index (χ2v) is 4.79. The lowest BCUT2D eigenvalue weighted by molar-refractivity contribution is -0.122. The molecule has 4 nitrogen and oxygen atoms in total. The first-order chi connectivity index (χ1) is 7.61. The monoisotopic (exact) mass is 231 g/mol. The number of hydrogen-bond acceptors (Lipinski definition) is 4. The fourth-order valence-electron chi connectivity index (χ4n) is 2.34. The highest BCUT2D eigenvalue weighted by Gasteiger charge is 2.30. The summed E-state index contributed by atoms with van der Waals surface area (Å²) in [5.41, 5.74) is -0.529. The van der Waals surface area contributed by atoms with E-state index < -0.39 is 5.60 Å². The lowest BCUT2D eigenvalue weighted by Gasteiger charge is -2.34. The molecule has 1 fully saturated rings. The maximum Gasteiger partial charge on any atom is 0.171 e. The van der Waals surface area contributed by atoms with Gasteiger partial charge in [-0.05, 0) is 19.8 Å². The second kappa shape index (κ2) is 6.55. The van der Waals surface area contributed by atoms with Crippen LogP contribution in [0.5, 0.6) is 0 Å². The van der Waals surface area contributed by atoms with Crippen molar-refractivity contribution in [1.29, 1.82) is 0 Å². The van der Waals surface area contributed by atoms with Gasteiger partial charge in [-0.15, -0.1) is 0 Å². The van der Waals surface area contributed by atoms with Crippen LogP contribution in [0.25, 0.3) is 0 Å². The number of hydrogen-bond donors (Lipinski definition) is 2. The third kappa shape index (κ3) is 4.01. The molecule has 0 aromatic carbocycles. The number of aliphatic hydroxyl groups is 1. The minimum atomic E-state index is -0.529. The van der Waals surface area contributed by atoms with E-state index in [0.29, 0.717) is 6.54 Å². The molecular formula is C12H25NO3. The largest absolute Gasteiger partial charge is 0.389 e. The Hall–Kier alpha value is -0.160. The zero-order valence-corrected chi connectivity index (χ0v) is 10.7. The molecule has 1 atom stereocenters. The van der Waals surface area contributed by atoms with Crippen LogP contribution < -0.4 is 5.32 Å². The van der Waals surface area contributed by atoms with Gasteiger partial charge in [-0.3, -0.25) is 0 Å². The summed E-state index contributed by atoms with van der Waals surface area (Å²) in [5.74, 6) is 0. The molecular weight excluding hydrogens is 206 g/mol. The molecule has 0 spiro atoms. The maximum atomic E-state index is 10.3. The molecule has 1 unspecified atom stereocenters. The first-order valence-electron chi connectivity index (χ1n) is 6.13. The molecule has 0 saturated heterocycles. The first kappa shape index (κ1) is 13.9. The van der Waals surface area contributed by atoms with E-state index in [2.05, 4.69) is 5.32 Å². The predicted molar refractivity (Wildman–Crippen MR) is 63.3 cm³/mol. The Morgan fingerprint density at radius 2 is 1.75 bits per heavy atom. The van der Waals surface area contributed by atoms with E-state index in [4.69, 9.17) is 9.47 Å². The van der Waals surface area contributed by atoms with Crippen LogP contribution in [0.2, 0.25) is 0 Å². The van der Waals surface area contributed by atoms with Gasteiger partial charge in [-0.1, -0.05) is 19.3 Å². The van der Waals surface area contributed by atoms with Crippen molar-refractivity contribution in [3.63, 3.8) is 0 Å². The molecule has 1 aliphatic rings. The van der Waals surface area contributed by atoms with Crippen molar-refractivity contribution in [1.82, 2.24) is 5.32 Å². The van der Waals surface area contributed by atoms with E-state index in [1.807, 2.05) is 6.92 Å². The van der Waals surface area contributed by atoms with Crippen molar-refractivity contribution in [2.24, 2.45) is 0 Å². The third-order valence-corrected chi connectivity index (χ3v) is 3.41. The van der Waals surface area contributed by atoms with Gasteiger partial charge in [0.05, 0.1) is 11.6 Å². The van der Waals surface area contributed by atoms with Gasteiger partial charge in [-0.2, -0.15) is 0 Å². The Kier molecular flexibility index (Phi) is 5.69. The Balaban J connectivity index is 2.31. The minimum Gasteiger partial charge on any atom is -0.389 e. The van der Waals surface area contributed by atoms with Crippen LogP contribution in [0, 0.1) is 0 Å². The molecule has 0 aliphatic heterocycles. The van der Waals surface area contributed by atoms with E-state index in [0.717, 1.165) is 25.7 Å². The lowest BCUT2D eigenvalue weighted by Crippen LogP contribution is -2.49. The van der Waals surface area contributed by atoms with E-state index in [-0.39, 0.29) is 12.3 Å². The van der Waals surface area contributed by atoms with Crippen LogP contribution in [0.4, 0.5) is 0 Å². The number of methoxy groups -OCH3 is 2. The average molecular weight is 231 g/mol. The Morgan fingerprint density at radius 1 is 1.19 bits per heavy atom. The molecule has 0 heterocycles. The Morgan fingerprint density at radius 3 is 2.25 bits per heavy atom. The molecule has 1 rings (SSSR count). The predicted octanol–water partition coefficient (Wildman–Crippen LogP) is 1.28. The average Bonchev–Trinajstić information content (AvgIpc) is 2.29. The maximum absolute atomic E-state index is 10.3. The Labute approximate surface area is 98.3 Å². The van der Waals surface area contributed by atoms with Crippen LogP contribution in [0.1, 0.15) is 39.0 Å². The normalized spacial score (nSPS) is 22.3. The highest BCUT2D eigenvalue weighted by Crippen LogP contribution is 2.27. The molecule has 1 saturated carbocycles. The fraction of sp³-hybridized carbons (Fsp3) is 1.00. The van der Waals surface area contributed by atoms with Crippen molar-refractivity contribution in [3.8, 4) is 0 Å². The van der Waals surface area contributed by atoms with Crippen molar-refractivity contribution in [2.45, 2.75) is 57.0 Å². The van der Waals surface area contributed by atoms with Gasteiger partial charge in [0.25, 0.3) is 0 Å². The SMILES string of the molecule is COC(OC)C(C)NCC1(O)CCCCC1. The summed E-state index contributed by atoms with van der Waals surface area (Å²) < 4.78 is 10.3. The highest BCUT2D eigenvalue weighted by atomic mass is 16.7. The van der Waals surface area contributed by atoms with Gasteiger partial charge in [0.15, 0.2) is 6.29 Å². The zero-order valence-electron chi connectivity index (χ0n) is 10.7. The molecule has 0 amide bonds. The van der Waals surface area contributed by atoms with E-state index in [1.165, 1.54) is 6.42 Å². The molecule has 0 aromatic rings. The lowest BCUT2D eigenvalue weighted by atomic mass is 9.85. The summed E-state index contributed by atoms with van der Waals surface area (Å²) >= 11 is 0. The van der Waals surface area contributed by atoms with Gasteiger partial charge >= 0.3 is 0 Å². The number of ether oxygens (including phenoxy) is 2. The summed E-state index contributed by atoms with van der Waals surface area (Å²) in [6.45, 7) is 2.63. The summed E-state index contributed by atoms with van der Waals surface area (Å²) in [4.78, 5) is 0. The third-order valence-electron chi connectivity index (χ3n) is 3.41. The van der Waals surface area contributed by atoms with Gasteiger partial charge in [0.2, 0.25) is 0 Å². The smallest absolute Gasteiger partial charge is 0.171 e. The van der Waals surface area contributed by atoms with Crippen molar-refractivity contribution >= 4 is 0 Å². The van der Waals surface area contributed by atoms with Crippen molar-refractivity contribution < 1.29 is 14.6 Å². The topological polar surface area (TPSA) is 50.7 Å². The molecule has 2 N–H and O–H groups in total. The second-order valence-electron chi connectivity index (χ2n) is 4.79. The van der Waals surface area contributed by atoms with Gasteiger partial charge in [0.1, 0.15) is 0 Å². The molecule has 4 heteroatoms. The van der Waals surface area contributed by atoms with Crippen LogP contribution in [0.3, 0.4) is 0 Å². The van der Waals surface area contributed by atoms with Crippen LogP contribution in [-0.2, 0) is 9.47 Å². The van der Waals surface area contributed by atoms with Crippen LogP contribution >= 0.6 is 0 Å². The number of nitrogens with one attached hydrogen (secondary N) is 1. The van der Waals surface area contributed by atoms with E-state index >= 15 is 0 Å². The molecule has 16 heavy (non-hydrogen) atoms. The molecule has 1 aliphatic carbocycles. The molecule has 96 valence electrons. The minimum absolute atomic E-state index is 0.0842. The summed E-state index contributed by atoms with van der Waals surface area (Å²) in [7, 11) is 3.25. The summed E-state index contributed by atoms with van der Waals surface area (Å²) in [6.07, 6.45) is 5.05. The summed E-state index contributed by atoms with van der Waals surface area (Å²) in [5, 5.41) is 13.6. The van der Waals surface area contributed by atoms with Crippen LogP contribution in [-0.4, -0.2) is 43.8 Å². The molecule has 0 aromatic heterocycles. The Bertz CT molecular complexity index is 189. The summed E-state index contributed by atoms with van der Waals surface area (Å²) in [6, 6.07) is 0.0842. The molecule has 0 bridgehead atoms. The van der Waals surface area contributed by atoms with E-state index in [1.54, 1.807) is 14.2 Å². The first-order valence-corrected chi connectivity index (χ1v) is 6.13.